The lowest BCUT2D eigenvalue weighted by Crippen LogP contribution is -2.27. The molecular formula is C10H9Cl3N2O2. The number of aromatic nitrogens is 1. The summed E-state index contributed by atoms with van der Waals surface area (Å²) in [7, 11) is 0. The normalized spacial score (nSPS) is 15.2. The lowest BCUT2D eigenvalue weighted by Gasteiger charge is -2.17. The first-order chi connectivity index (χ1) is 7.97. The number of ether oxygens (including phenoxy) is 1. The van der Waals surface area contributed by atoms with Crippen molar-refractivity contribution in [3.05, 3.63) is 23.5 Å². The molecule has 0 saturated heterocycles. The van der Waals surface area contributed by atoms with Crippen LogP contribution in [0.4, 0.5) is 5.69 Å². The predicted octanol–water partition coefficient (Wildman–Crippen LogP) is 2.46. The van der Waals surface area contributed by atoms with Crippen molar-refractivity contribution in [2.75, 3.05) is 11.9 Å². The second-order valence-corrected chi connectivity index (χ2v) is 5.87. The highest BCUT2D eigenvalue weighted by atomic mass is 35.6. The van der Waals surface area contributed by atoms with E-state index in [1.807, 2.05) is 0 Å². The molecule has 1 aromatic rings. The van der Waals surface area contributed by atoms with E-state index in [1.165, 1.54) is 0 Å². The van der Waals surface area contributed by atoms with Crippen LogP contribution in [0, 0.1) is 0 Å². The molecule has 0 saturated carbocycles. The van der Waals surface area contributed by atoms with Crippen LogP contribution in [0.25, 0.3) is 0 Å². The molecule has 0 bridgehead atoms. The summed E-state index contributed by atoms with van der Waals surface area (Å²) in [5.74, 6) is -0.707. The van der Waals surface area contributed by atoms with E-state index in [2.05, 4.69) is 10.3 Å². The number of nitrogens with zero attached hydrogens (tertiary/aromatic N) is 1. The minimum absolute atomic E-state index is 0.486. The maximum atomic E-state index is 11.4. The molecule has 0 aliphatic carbocycles. The van der Waals surface area contributed by atoms with E-state index < -0.39 is 9.70 Å². The molecule has 1 aromatic heterocycles. The molecule has 1 N–H and O–H groups in total. The number of alkyl halides is 3. The Morgan fingerprint density at radius 2 is 2.24 bits per heavy atom. The molecule has 1 aliphatic heterocycles. The average molecular weight is 296 g/mol. The quantitative estimate of drug-likeness (QED) is 0.810. The van der Waals surface area contributed by atoms with Crippen LogP contribution in [0.1, 0.15) is 11.3 Å². The fourth-order valence-electron chi connectivity index (χ4n) is 1.51. The summed E-state index contributed by atoms with van der Waals surface area (Å²) in [6, 6.07) is 1.77. The number of pyridine rings is 1. The van der Waals surface area contributed by atoms with Gasteiger partial charge in [0.15, 0.2) is 0 Å². The van der Waals surface area contributed by atoms with Crippen molar-refractivity contribution in [3.8, 4) is 0 Å². The number of anilines is 1. The van der Waals surface area contributed by atoms with Crippen LogP contribution in [0.3, 0.4) is 0 Å². The summed E-state index contributed by atoms with van der Waals surface area (Å²) in [6.07, 6.45) is 2.31. The number of nitrogens with one attached hydrogen (secondary N) is 1. The highest BCUT2D eigenvalue weighted by molar-refractivity contribution is 6.76. The zero-order valence-corrected chi connectivity index (χ0v) is 10.9. The van der Waals surface area contributed by atoms with Gasteiger partial charge in [0.2, 0.25) is 0 Å². The van der Waals surface area contributed by atoms with Gasteiger partial charge in [0.25, 0.3) is 9.70 Å². The van der Waals surface area contributed by atoms with Gasteiger partial charge in [-0.15, -0.1) is 0 Å². The number of fused-ring (bicyclic) bond motifs is 1. The van der Waals surface area contributed by atoms with Gasteiger partial charge in [0.05, 0.1) is 25.1 Å². The molecule has 2 rings (SSSR count). The van der Waals surface area contributed by atoms with Crippen LogP contribution in [0.5, 0.6) is 0 Å². The van der Waals surface area contributed by atoms with E-state index in [1.54, 1.807) is 12.3 Å². The summed E-state index contributed by atoms with van der Waals surface area (Å²) >= 11 is 16.4. The zero-order chi connectivity index (χ0) is 12.5. The zero-order valence-electron chi connectivity index (χ0n) is 8.67. The summed E-state index contributed by atoms with van der Waals surface area (Å²) < 4.78 is 3.31. The van der Waals surface area contributed by atoms with Gasteiger partial charge in [-0.3, -0.25) is 9.78 Å². The van der Waals surface area contributed by atoms with Crippen molar-refractivity contribution in [2.45, 2.75) is 16.8 Å². The topological polar surface area (TPSA) is 51.2 Å². The highest BCUT2D eigenvalue weighted by Crippen LogP contribution is 2.28. The van der Waals surface area contributed by atoms with E-state index in [4.69, 9.17) is 39.5 Å². The summed E-state index contributed by atoms with van der Waals surface area (Å²) in [5.41, 5.74) is 2.41. The second-order valence-electron chi connectivity index (χ2n) is 3.58. The summed E-state index contributed by atoms with van der Waals surface area (Å²) in [4.78, 5) is 15.7. The van der Waals surface area contributed by atoms with Crippen molar-refractivity contribution >= 4 is 46.4 Å². The Bertz CT molecular complexity index is 446. The Balaban J connectivity index is 2.15. The third-order valence-electron chi connectivity index (χ3n) is 2.32. The Morgan fingerprint density at radius 1 is 1.47 bits per heavy atom. The first kappa shape index (κ1) is 12.9. The fourth-order valence-corrected chi connectivity index (χ4v) is 1.65. The fraction of sp³-hybridized carbons (Fsp3) is 0.400. The molecular weight excluding hydrogens is 286 g/mol. The Labute approximate surface area is 113 Å². The number of hydrogen-bond donors (Lipinski definition) is 1. The smallest absolute Gasteiger partial charge is 0.276 e. The second kappa shape index (κ2) is 4.98. The van der Waals surface area contributed by atoms with Crippen molar-refractivity contribution in [1.82, 2.24) is 4.98 Å². The largest absolute Gasteiger partial charge is 0.376 e. The first-order valence-corrected chi connectivity index (χ1v) is 6.04. The number of halogens is 3. The van der Waals surface area contributed by atoms with Crippen molar-refractivity contribution in [1.29, 1.82) is 0 Å². The third kappa shape index (κ3) is 3.22. The molecule has 2 heterocycles. The summed E-state index contributed by atoms with van der Waals surface area (Å²) in [6.45, 7) is 1.15. The van der Waals surface area contributed by atoms with Crippen LogP contribution in [-0.4, -0.2) is 21.3 Å². The highest BCUT2D eigenvalue weighted by Gasteiger charge is 2.30. The van der Waals surface area contributed by atoms with Gasteiger partial charge in [0, 0.05) is 17.7 Å². The Kier molecular flexibility index (Phi) is 3.78. The predicted molar refractivity (Wildman–Crippen MR) is 66.5 cm³/mol. The van der Waals surface area contributed by atoms with Crippen LogP contribution in [0.15, 0.2) is 12.3 Å². The van der Waals surface area contributed by atoms with E-state index in [9.17, 15) is 4.79 Å². The van der Waals surface area contributed by atoms with Gasteiger partial charge in [-0.05, 0) is 6.07 Å². The van der Waals surface area contributed by atoms with Crippen molar-refractivity contribution in [2.24, 2.45) is 0 Å². The molecule has 0 unspecified atom stereocenters. The number of carbonyl (C=O) groups is 1. The van der Waals surface area contributed by atoms with Crippen LogP contribution in [0.2, 0.25) is 0 Å². The average Bonchev–Trinajstić information content (AvgIpc) is 2.27. The number of amides is 1. The molecule has 0 atom stereocenters. The third-order valence-corrected chi connectivity index (χ3v) is 2.83. The maximum absolute atomic E-state index is 11.4. The van der Waals surface area contributed by atoms with Gasteiger partial charge < -0.3 is 10.1 Å². The van der Waals surface area contributed by atoms with Gasteiger partial charge in [-0.1, -0.05) is 34.8 Å². The Morgan fingerprint density at radius 3 is 2.94 bits per heavy atom. The molecule has 92 valence electrons. The SMILES string of the molecule is O=C(Nc1cnc2c(c1)COCC2)C(Cl)(Cl)Cl. The van der Waals surface area contributed by atoms with Gasteiger partial charge >= 0.3 is 0 Å². The molecule has 1 aliphatic rings. The number of hydrogen-bond acceptors (Lipinski definition) is 3. The molecule has 0 fully saturated rings. The first-order valence-electron chi connectivity index (χ1n) is 4.90. The van der Waals surface area contributed by atoms with E-state index >= 15 is 0 Å². The van der Waals surface area contributed by atoms with E-state index in [0.29, 0.717) is 18.9 Å². The lowest BCUT2D eigenvalue weighted by molar-refractivity contribution is -0.115. The van der Waals surface area contributed by atoms with E-state index in [-0.39, 0.29) is 0 Å². The minimum atomic E-state index is -1.98. The standard InChI is InChI=1S/C10H9Cl3N2O2/c11-10(12,13)9(16)15-7-3-6-5-17-2-1-8(6)14-4-7/h3-4H,1-2,5H2,(H,15,16). The van der Waals surface area contributed by atoms with E-state index in [0.717, 1.165) is 17.7 Å². The molecule has 17 heavy (non-hydrogen) atoms. The van der Waals surface area contributed by atoms with Crippen LogP contribution >= 0.6 is 34.8 Å². The minimum Gasteiger partial charge on any atom is -0.376 e. The molecule has 0 spiro atoms. The molecule has 7 heteroatoms. The van der Waals surface area contributed by atoms with Crippen molar-refractivity contribution < 1.29 is 9.53 Å². The van der Waals surface area contributed by atoms with Gasteiger partial charge in [-0.2, -0.15) is 0 Å². The van der Waals surface area contributed by atoms with Crippen molar-refractivity contribution in [3.63, 3.8) is 0 Å². The molecule has 0 radical (unpaired) electrons. The molecule has 0 aromatic carbocycles. The number of rotatable bonds is 1. The Hall–Kier alpha value is -0.550. The monoisotopic (exact) mass is 294 g/mol. The van der Waals surface area contributed by atoms with Crippen LogP contribution in [-0.2, 0) is 22.6 Å². The number of carbonyl (C=O) groups excluding carboxylic acids is 1. The maximum Gasteiger partial charge on any atom is 0.276 e. The molecule has 1 amide bonds. The van der Waals surface area contributed by atoms with Gasteiger partial charge in [-0.25, -0.2) is 0 Å². The van der Waals surface area contributed by atoms with Crippen LogP contribution < -0.4 is 5.32 Å². The van der Waals surface area contributed by atoms with Gasteiger partial charge in [0.1, 0.15) is 0 Å². The molecule has 4 nitrogen and oxygen atoms in total. The lowest BCUT2D eigenvalue weighted by atomic mass is 10.1. The summed E-state index contributed by atoms with van der Waals surface area (Å²) in [5, 5.41) is 2.48.